The summed E-state index contributed by atoms with van der Waals surface area (Å²) in [6, 6.07) is 4.78. The van der Waals surface area contributed by atoms with Crippen molar-refractivity contribution in [1.82, 2.24) is 24.6 Å². The molecule has 19 heteroatoms. The standard InChI is InChI=1S/C22H27FN6O10P2/c1-22(2)38-15-12(37-19(16(15)39-22)29-10-27-14-17(24)25-9-26-18(14)29)8-36-41(34,35)21(23)40(32,33)28-13(20(30)31)11-6-4-3-5-7-11/h3-7,9-10,12-13,15-16,19,21H,8H2,1-2H3,(H,30,31)(H,34,35)(H2,24,25,26)(H2,28,32,33)/p-3/t12?,13-,15?,16?,19?,21+/m1/s1. The maximum absolute atomic E-state index is 15.0. The molecule has 2 aliphatic heterocycles. The molecule has 6 unspecified atom stereocenters. The van der Waals surface area contributed by atoms with Crippen molar-refractivity contribution in [1.29, 1.82) is 0 Å². The number of hydrogen-bond donors (Lipinski definition) is 2. The number of carbonyl (C=O) groups is 1. The van der Waals surface area contributed by atoms with Gasteiger partial charge in [0.25, 0.3) is 0 Å². The van der Waals surface area contributed by atoms with Crippen LogP contribution in [0.3, 0.4) is 0 Å². The molecule has 2 aliphatic rings. The largest absolute Gasteiger partial charge is 0.786 e. The predicted molar refractivity (Wildman–Crippen MR) is 131 cm³/mol. The summed E-state index contributed by atoms with van der Waals surface area (Å²) in [4.78, 5) is 49.0. The molecule has 41 heavy (non-hydrogen) atoms. The Kier molecular flexibility index (Phi) is 7.78. The normalized spacial score (nSPS) is 28.0. The van der Waals surface area contributed by atoms with Gasteiger partial charge in [0.15, 0.2) is 31.1 Å². The molecule has 3 aromatic rings. The fraction of sp³-hybridized carbons (Fsp3) is 0.455. The number of nitrogen functional groups attached to an aromatic ring is 1. The molecule has 16 nitrogen and oxygen atoms in total. The second-order valence-corrected chi connectivity index (χ2v) is 13.9. The number of carboxylic acid groups (broad SMARTS) is 1. The number of imidazole rings is 1. The molecule has 0 bridgehead atoms. The number of hydrogen-bond acceptors (Lipinski definition) is 14. The zero-order chi connectivity index (χ0) is 29.7. The van der Waals surface area contributed by atoms with E-state index in [1.807, 2.05) is 0 Å². The third kappa shape index (κ3) is 5.78. The Morgan fingerprint density at radius 1 is 1.20 bits per heavy atom. The molecule has 2 aromatic heterocycles. The van der Waals surface area contributed by atoms with E-state index in [1.54, 1.807) is 18.9 Å². The van der Waals surface area contributed by atoms with Gasteiger partial charge in [-0.2, -0.15) is 0 Å². The summed E-state index contributed by atoms with van der Waals surface area (Å²) in [5.41, 5.74) is 2.67. The van der Waals surface area contributed by atoms with E-state index >= 15 is 0 Å². The van der Waals surface area contributed by atoms with Crippen LogP contribution in [0.25, 0.3) is 11.2 Å². The number of nitrogens with two attached hydrogens (primary N) is 1. The minimum absolute atomic E-state index is 0.103. The Morgan fingerprint density at radius 2 is 1.88 bits per heavy atom. The van der Waals surface area contributed by atoms with Crippen LogP contribution in [0, 0.1) is 0 Å². The molecule has 2 fully saturated rings. The van der Waals surface area contributed by atoms with E-state index in [0.29, 0.717) is 0 Å². The zero-order valence-electron chi connectivity index (χ0n) is 21.4. The van der Waals surface area contributed by atoms with E-state index in [0.717, 1.165) is 0 Å². The Labute approximate surface area is 231 Å². The Balaban J connectivity index is 1.33. The molecule has 0 aliphatic carbocycles. The lowest BCUT2D eigenvalue weighted by Gasteiger charge is -2.38. The van der Waals surface area contributed by atoms with Gasteiger partial charge < -0.3 is 53.3 Å². The van der Waals surface area contributed by atoms with Crippen molar-refractivity contribution in [2.24, 2.45) is 0 Å². The minimum Gasteiger partial charge on any atom is -0.786 e. The molecule has 1 aromatic carbocycles. The van der Waals surface area contributed by atoms with Crippen LogP contribution in [-0.2, 0) is 32.7 Å². The zero-order valence-corrected chi connectivity index (χ0v) is 23.2. The van der Waals surface area contributed by atoms with Crippen LogP contribution in [0.15, 0.2) is 43.0 Å². The van der Waals surface area contributed by atoms with Crippen LogP contribution in [0.2, 0.25) is 0 Å². The first kappa shape index (κ1) is 29.6. The molecule has 4 heterocycles. The average molecular weight is 613 g/mol. The van der Waals surface area contributed by atoms with Gasteiger partial charge in [0.2, 0.25) is 5.65 Å². The van der Waals surface area contributed by atoms with Crippen LogP contribution in [0.5, 0.6) is 0 Å². The van der Waals surface area contributed by atoms with E-state index in [-0.39, 0.29) is 22.5 Å². The number of nitrogens with one attached hydrogen (secondary N) is 1. The molecule has 8 atom stereocenters. The third-order valence-corrected chi connectivity index (χ3v) is 10.4. The van der Waals surface area contributed by atoms with Crippen molar-refractivity contribution in [2.45, 2.75) is 55.9 Å². The fourth-order valence-corrected chi connectivity index (χ4v) is 7.75. The van der Waals surface area contributed by atoms with Gasteiger partial charge >= 0.3 is 0 Å². The van der Waals surface area contributed by atoms with Crippen LogP contribution in [0.4, 0.5) is 10.2 Å². The number of carbonyl (C=O) groups excluding carboxylic acids is 1. The quantitative estimate of drug-likeness (QED) is 0.268. The highest BCUT2D eigenvalue weighted by Crippen LogP contribution is 2.60. The van der Waals surface area contributed by atoms with Crippen LogP contribution >= 0.6 is 15.1 Å². The molecule has 5 rings (SSSR count). The molecule has 0 spiro atoms. The Bertz CT molecular complexity index is 1540. The first-order chi connectivity index (χ1) is 19.2. The van der Waals surface area contributed by atoms with E-state index in [2.05, 4.69) is 15.0 Å². The molecular formula is C22H24FN6O10P2-3. The fourth-order valence-electron chi connectivity index (χ4n) is 4.65. The van der Waals surface area contributed by atoms with Crippen LogP contribution in [-0.4, -0.2) is 61.8 Å². The van der Waals surface area contributed by atoms with E-state index < -0.39 is 69.7 Å². The number of anilines is 1. The molecule has 0 amide bonds. The number of aromatic nitrogens is 4. The van der Waals surface area contributed by atoms with Gasteiger partial charge in [0, 0.05) is 0 Å². The Hall–Kier alpha value is -2.85. The highest BCUT2D eigenvalue weighted by Gasteiger charge is 2.56. The summed E-state index contributed by atoms with van der Waals surface area (Å²) in [6.07, 6.45) is -1.33. The van der Waals surface area contributed by atoms with Gasteiger partial charge in [0.1, 0.15) is 37.7 Å². The smallest absolute Gasteiger partial charge is 0.215 e. The summed E-state index contributed by atoms with van der Waals surface area (Å²) in [6.45, 7) is 2.37. The number of aliphatic carboxylic acids is 1. The van der Waals surface area contributed by atoms with Crippen LogP contribution < -0.4 is 25.7 Å². The Morgan fingerprint density at radius 3 is 2.56 bits per heavy atom. The summed E-state index contributed by atoms with van der Waals surface area (Å²) < 4.78 is 64.2. The lowest BCUT2D eigenvalue weighted by Crippen LogP contribution is -2.41. The summed E-state index contributed by atoms with van der Waals surface area (Å²) >= 11 is 0. The van der Waals surface area contributed by atoms with Crippen molar-refractivity contribution in [3.05, 3.63) is 48.5 Å². The first-order valence-electron chi connectivity index (χ1n) is 12.1. The molecule has 3 N–H and O–H groups in total. The van der Waals surface area contributed by atoms with Crippen LogP contribution in [0.1, 0.15) is 31.7 Å². The lowest BCUT2D eigenvalue weighted by molar-refractivity contribution is -0.309. The number of halogens is 1. The number of ether oxygens (including phenoxy) is 3. The van der Waals surface area contributed by atoms with Gasteiger partial charge in [-0.3, -0.25) is 9.65 Å². The molecule has 2 saturated heterocycles. The number of nitrogens with zero attached hydrogens (tertiary/aromatic N) is 4. The van der Waals surface area contributed by atoms with Gasteiger partial charge in [-0.25, -0.2) is 19.3 Å². The van der Waals surface area contributed by atoms with Crippen molar-refractivity contribution in [3.8, 4) is 0 Å². The van der Waals surface area contributed by atoms with E-state index in [4.69, 9.17) is 24.5 Å². The molecule has 0 radical (unpaired) electrons. The van der Waals surface area contributed by atoms with E-state index in [1.165, 1.54) is 47.6 Å². The van der Waals surface area contributed by atoms with Crippen molar-refractivity contribution in [2.75, 3.05) is 12.3 Å². The maximum atomic E-state index is 15.0. The number of fused-ring (bicyclic) bond motifs is 2. The molecular weight excluding hydrogens is 589 g/mol. The topological polar surface area (TPSA) is 239 Å². The summed E-state index contributed by atoms with van der Waals surface area (Å²) in [5, 5.41) is 13.1. The SMILES string of the molecule is CC1(C)OC2C(COP(=O)([O-])[C@@H](F)P(=O)([O-])N[C@@H](C(=O)[O-])c3ccccc3)OC(n3cnc4c(N)ncnc43)C2O1. The predicted octanol–water partition coefficient (Wildman–Crippen LogP) is -0.717. The van der Waals surface area contributed by atoms with Crippen molar-refractivity contribution < 1.29 is 51.9 Å². The number of alkyl halides is 1. The highest BCUT2D eigenvalue weighted by atomic mass is 31.2. The van der Waals surface area contributed by atoms with Crippen molar-refractivity contribution >= 4 is 38.1 Å². The number of carboxylic acids is 1. The maximum Gasteiger partial charge on any atom is 0.215 e. The first-order valence-corrected chi connectivity index (χ1v) is 15.4. The van der Waals surface area contributed by atoms with Crippen molar-refractivity contribution in [3.63, 3.8) is 0 Å². The minimum atomic E-state index is -5.83. The van der Waals surface area contributed by atoms with Gasteiger partial charge in [-0.05, 0) is 19.4 Å². The molecule has 222 valence electrons. The van der Waals surface area contributed by atoms with E-state index in [9.17, 15) is 33.2 Å². The van der Waals surface area contributed by atoms with Gasteiger partial charge in [-0.1, -0.05) is 30.3 Å². The number of benzene rings is 1. The average Bonchev–Trinajstić information content (AvgIpc) is 3.57. The third-order valence-electron chi connectivity index (χ3n) is 6.42. The van der Waals surface area contributed by atoms with Gasteiger partial charge in [0.05, 0.1) is 24.9 Å². The monoisotopic (exact) mass is 613 g/mol. The second-order valence-electron chi connectivity index (χ2n) is 9.75. The lowest BCUT2D eigenvalue weighted by atomic mass is 10.1. The second kappa shape index (κ2) is 10.8. The summed E-state index contributed by atoms with van der Waals surface area (Å²) in [5.74, 6) is -2.94. The van der Waals surface area contributed by atoms with Gasteiger partial charge in [-0.15, -0.1) is 0 Å². The summed E-state index contributed by atoms with van der Waals surface area (Å²) in [7, 11) is -11.6. The number of rotatable bonds is 10. The molecule has 0 saturated carbocycles. The highest BCUT2D eigenvalue weighted by molar-refractivity contribution is 7.71.